The van der Waals surface area contributed by atoms with Gasteiger partial charge in [-0.05, 0) is 61.7 Å². The third-order valence-electron chi connectivity index (χ3n) is 9.32. The highest BCUT2D eigenvalue weighted by Crippen LogP contribution is 2.33. The van der Waals surface area contributed by atoms with E-state index in [2.05, 4.69) is 0 Å². The lowest BCUT2D eigenvalue weighted by Crippen LogP contribution is -2.65. The molecule has 0 amide bonds. The average molecular weight is 771 g/mol. The molecule has 3 saturated heterocycles. The Bertz CT molecular complexity index is 1590. The fourth-order valence-corrected chi connectivity index (χ4v) is 6.08. The fourth-order valence-electron chi connectivity index (χ4n) is 6.08. The number of phenolic OH excluding ortho intramolecular Hbond substituents is 4. The van der Waals surface area contributed by atoms with Gasteiger partial charge in [0.05, 0.1) is 25.4 Å². The SMILES string of the molecule is C[C@H]1O[C@H](OC[C@H]2O[C@H](OCCc3ccc(O)c(O)c3)[C@@H](O)[C@@H](O[C@H]3O[C@H](C)[C@@H](O)[C@@H](O)[C@H]3O)[C@H]2OC(=O)/C=C/c2ccc(O)c(O)c2)[C@@H](O)[C@@H](O)[C@H]1O. The fraction of sp³-hybridized carbons (Fsp3) is 0.571. The highest BCUT2D eigenvalue weighted by molar-refractivity contribution is 5.87. The van der Waals surface area contributed by atoms with Crippen molar-refractivity contribution in [1.82, 2.24) is 0 Å². The van der Waals surface area contributed by atoms with Crippen LogP contribution in [0, 0.1) is 0 Å². The summed E-state index contributed by atoms with van der Waals surface area (Å²) in [5.41, 5.74) is 0.811. The third-order valence-corrected chi connectivity index (χ3v) is 9.32. The molecule has 0 saturated carbocycles. The van der Waals surface area contributed by atoms with E-state index in [4.69, 9.17) is 33.2 Å². The zero-order valence-electron chi connectivity index (χ0n) is 29.1. The number of carbonyl (C=O) groups excluding carboxylic acids is 1. The van der Waals surface area contributed by atoms with Crippen LogP contribution in [0.25, 0.3) is 6.08 Å². The maximum absolute atomic E-state index is 13.3. The standard InChI is InChI=1S/C35H46O19/c1-14-24(41)26(43)28(45)33(50-14)49-13-22-31(53-23(40)8-5-16-3-6-18(36)20(38)11-16)32(54-35-29(46)27(44)25(42)15(2)51-35)30(47)34(52-22)48-10-9-17-4-7-19(37)21(39)12-17/h3-8,11-12,14-15,22,24-39,41-47H,9-10,13H2,1-2H3/b8-5+/t14-,15-,22-,24+,25-,26+,27-,28+,29-,30+,31+,32-,33+,34+,35-/m1/s1. The van der Waals surface area contributed by atoms with Gasteiger partial charge in [0.1, 0.15) is 54.9 Å². The molecule has 15 atom stereocenters. The van der Waals surface area contributed by atoms with Crippen molar-refractivity contribution in [1.29, 1.82) is 0 Å². The quantitative estimate of drug-likeness (QED) is 0.0622. The van der Waals surface area contributed by atoms with Crippen molar-refractivity contribution >= 4 is 12.0 Å². The van der Waals surface area contributed by atoms with Gasteiger partial charge < -0.3 is 89.3 Å². The Hall–Kier alpha value is -3.67. The van der Waals surface area contributed by atoms with Crippen molar-refractivity contribution in [3.8, 4) is 23.0 Å². The van der Waals surface area contributed by atoms with Gasteiger partial charge in [0, 0.05) is 6.08 Å². The van der Waals surface area contributed by atoms with E-state index in [1.807, 2.05) is 0 Å². The molecule has 3 fully saturated rings. The van der Waals surface area contributed by atoms with Gasteiger partial charge >= 0.3 is 5.97 Å². The average Bonchev–Trinajstić information content (AvgIpc) is 3.14. The Morgan fingerprint density at radius 1 is 0.648 bits per heavy atom. The van der Waals surface area contributed by atoms with Gasteiger partial charge in [0.15, 0.2) is 48.0 Å². The van der Waals surface area contributed by atoms with Crippen LogP contribution in [0.2, 0.25) is 0 Å². The number of carbonyl (C=O) groups is 1. The number of aromatic hydroxyl groups is 4. The first kappa shape index (κ1) is 41.5. The van der Waals surface area contributed by atoms with E-state index < -0.39 is 116 Å². The highest BCUT2D eigenvalue weighted by Gasteiger charge is 2.53. The van der Waals surface area contributed by atoms with Gasteiger partial charge in [-0.15, -0.1) is 0 Å². The monoisotopic (exact) mass is 770 g/mol. The minimum Gasteiger partial charge on any atom is -0.504 e. The molecule has 3 aliphatic rings. The summed E-state index contributed by atoms with van der Waals surface area (Å²) in [5, 5.41) is 113. The van der Waals surface area contributed by atoms with Gasteiger partial charge in [0.25, 0.3) is 0 Å². The topological polar surface area (TPSA) is 304 Å². The van der Waals surface area contributed by atoms with Crippen molar-refractivity contribution in [3.05, 3.63) is 53.6 Å². The summed E-state index contributed by atoms with van der Waals surface area (Å²) in [7, 11) is 0. The summed E-state index contributed by atoms with van der Waals surface area (Å²) in [4.78, 5) is 13.3. The lowest BCUT2D eigenvalue weighted by atomic mass is 9.96. The maximum Gasteiger partial charge on any atom is 0.331 e. The molecule has 3 aliphatic heterocycles. The summed E-state index contributed by atoms with van der Waals surface area (Å²) < 4.78 is 40.4. The Kier molecular flexibility index (Phi) is 13.7. The molecule has 2 aromatic rings. The number of aliphatic hydroxyl groups excluding tert-OH is 7. The van der Waals surface area contributed by atoms with Gasteiger partial charge in [-0.1, -0.05) is 12.1 Å². The van der Waals surface area contributed by atoms with Crippen molar-refractivity contribution in [3.63, 3.8) is 0 Å². The Morgan fingerprint density at radius 2 is 1.22 bits per heavy atom. The lowest BCUT2D eigenvalue weighted by Gasteiger charge is -2.47. The Labute approximate surface area is 308 Å². The van der Waals surface area contributed by atoms with E-state index >= 15 is 0 Å². The summed E-state index contributed by atoms with van der Waals surface area (Å²) in [6.45, 7) is 2.06. The number of phenols is 4. The first-order chi connectivity index (χ1) is 25.5. The number of rotatable bonds is 12. The smallest absolute Gasteiger partial charge is 0.331 e. The molecule has 0 unspecified atom stereocenters. The van der Waals surface area contributed by atoms with Crippen LogP contribution in [0.4, 0.5) is 0 Å². The van der Waals surface area contributed by atoms with Crippen molar-refractivity contribution in [2.24, 2.45) is 0 Å². The van der Waals surface area contributed by atoms with Crippen LogP contribution in [-0.4, -0.2) is 167 Å². The van der Waals surface area contributed by atoms with E-state index in [9.17, 15) is 61.0 Å². The molecule has 54 heavy (non-hydrogen) atoms. The predicted molar refractivity (Wildman–Crippen MR) is 178 cm³/mol. The number of hydrogen-bond donors (Lipinski definition) is 11. The zero-order valence-corrected chi connectivity index (χ0v) is 29.1. The molecule has 11 N–H and O–H groups in total. The van der Waals surface area contributed by atoms with Gasteiger partial charge in [-0.2, -0.15) is 0 Å². The van der Waals surface area contributed by atoms with Crippen LogP contribution in [-0.2, 0) is 44.4 Å². The molecule has 19 nitrogen and oxygen atoms in total. The van der Waals surface area contributed by atoms with E-state index in [1.54, 1.807) is 0 Å². The third kappa shape index (κ3) is 9.58. The molecule has 19 heteroatoms. The molecule has 0 aromatic heterocycles. The second kappa shape index (κ2) is 17.9. The molecule has 0 aliphatic carbocycles. The molecule has 0 radical (unpaired) electrons. The minimum atomic E-state index is -1.86. The van der Waals surface area contributed by atoms with Crippen molar-refractivity contribution in [2.45, 2.75) is 112 Å². The first-order valence-corrected chi connectivity index (χ1v) is 17.1. The molecule has 2 aromatic carbocycles. The van der Waals surface area contributed by atoms with Crippen LogP contribution < -0.4 is 0 Å². The molecular weight excluding hydrogens is 724 g/mol. The van der Waals surface area contributed by atoms with E-state index in [1.165, 1.54) is 56.3 Å². The predicted octanol–water partition coefficient (Wildman–Crippen LogP) is -2.16. The molecule has 0 spiro atoms. The number of aliphatic hydroxyl groups is 7. The highest BCUT2D eigenvalue weighted by atomic mass is 16.8. The second-order valence-corrected chi connectivity index (χ2v) is 13.3. The zero-order chi connectivity index (χ0) is 39.4. The van der Waals surface area contributed by atoms with E-state index in [0.29, 0.717) is 5.56 Å². The Balaban J connectivity index is 1.43. The van der Waals surface area contributed by atoms with Crippen LogP contribution in [0.15, 0.2) is 42.5 Å². The van der Waals surface area contributed by atoms with Crippen molar-refractivity contribution < 1.29 is 94.1 Å². The van der Waals surface area contributed by atoms with Gasteiger partial charge in [-0.3, -0.25) is 0 Å². The molecule has 5 rings (SSSR count). The van der Waals surface area contributed by atoms with Crippen LogP contribution >= 0.6 is 0 Å². The summed E-state index contributed by atoms with van der Waals surface area (Å²) in [6, 6.07) is 7.83. The van der Waals surface area contributed by atoms with Gasteiger partial charge in [0.2, 0.25) is 0 Å². The molecule has 3 heterocycles. The summed E-state index contributed by atoms with van der Waals surface area (Å²) in [6.07, 6.45) is -21.1. The normalized spacial score (nSPS) is 37.3. The maximum atomic E-state index is 13.3. The summed E-state index contributed by atoms with van der Waals surface area (Å²) in [5.74, 6) is -2.62. The Morgan fingerprint density at radius 3 is 1.85 bits per heavy atom. The number of ether oxygens (including phenoxy) is 7. The molecular formula is C35H46O19. The van der Waals surface area contributed by atoms with E-state index in [-0.39, 0.29) is 30.1 Å². The van der Waals surface area contributed by atoms with Crippen LogP contribution in [0.3, 0.4) is 0 Å². The van der Waals surface area contributed by atoms with Gasteiger partial charge in [-0.25, -0.2) is 4.79 Å². The summed E-state index contributed by atoms with van der Waals surface area (Å²) >= 11 is 0. The molecule has 300 valence electrons. The van der Waals surface area contributed by atoms with Crippen LogP contribution in [0.1, 0.15) is 25.0 Å². The van der Waals surface area contributed by atoms with E-state index in [0.717, 1.165) is 6.08 Å². The largest absolute Gasteiger partial charge is 0.504 e. The second-order valence-electron chi connectivity index (χ2n) is 13.3. The van der Waals surface area contributed by atoms with Crippen LogP contribution in [0.5, 0.6) is 23.0 Å². The number of hydrogen-bond acceptors (Lipinski definition) is 19. The number of benzene rings is 2. The number of esters is 1. The lowest BCUT2D eigenvalue weighted by molar-refractivity contribution is -0.363. The first-order valence-electron chi connectivity index (χ1n) is 17.1. The molecule has 0 bridgehead atoms. The van der Waals surface area contributed by atoms with Crippen molar-refractivity contribution in [2.75, 3.05) is 13.2 Å². The minimum absolute atomic E-state index is 0.134.